The van der Waals surface area contributed by atoms with Gasteiger partial charge in [0.05, 0.1) is 6.42 Å². The molecule has 0 bridgehead atoms. The van der Waals surface area contributed by atoms with Gasteiger partial charge in [0, 0.05) is 24.1 Å². The highest BCUT2D eigenvalue weighted by Gasteiger charge is 2.43. The SMILES string of the molecule is O=C(O)Cc1ccc(NC(=O)C2CC2CNC(=O)OCC2c3ccccc3-c3ccccc32)cc1. The second kappa shape index (κ2) is 9.62. The lowest BCUT2D eigenvalue weighted by molar-refractivity contribution is -0.136. The Hall–Kier alpha value is -4.13. The van der Waals surface area contributed by atoms with Gasteiger partial charge in [-0.25, -0.2) is 4.79 Å². The van der Waals surface area contributed by atoms with Crippen LogP contribution < -0.4 is 10.6 Å². The van der Waals surface area contributed by atoms with Crippen molar-refractivity contribution in [3.05, 3.63) is 89.5 Å². The fourth-order valence-electron chi connectivity index (χ4n) is 4.77. The van der Waals surface area contributed by atoms with Crippen LogP contribution in [0.15, 0.2) is 72.8 Å². The number of aliphatic carboxylic acids is 1. The average molecular weight is 471 g/mol. The molecule has 3 aromatic rings. The third-order valence-electron chi connectivity index (χ3n) is 6.69. The van der Waals surface area contributed by atoms with Crippen molar-refractivity contribution in [1.82, 2.24) is 5.32 Å². The fourth-order valence-corrected chi connectivity index (χ4v) is 4.77. The largest absolute Gasteiger partial charge is 0.481 e. The molecule has 2 unspecified atom stereocenters. The highest BCUT2D eigenvalue weighted by molar-refractivity contribution is 5.94. The molecule has 2 amide bonds. The quantitative estimate of drug-likeness (QED) is 0.452. The minimum absolute atomic E-state index is 0.00879. The summed E-state index contributed by atoms with van der Waals surface area (Å²) in [5.74, 6) is -1.08. The molecule has 0 radical (unpaired) electrons. The minimum atomic E-state index is -0.897. The smallest absolute Gasteiger partial charge is 0.407 e. The van der Waals surface area contributed by atoms with E-state index in [4.69, 9.17) is 9.84 Å². The van der Waals surface area contributed by atoms with Crippen LogP contribution in [0.4, 0.5) is 10.5 Å². The number of carboxylic acids is 1. The fraction of sp³-hybridized carbons (Fsp3) is 0.250. The average Bonchev–Trinajstić information content (AvgIpc) is 3.57. The van der Waals surface area contributed by atoms with E-state index < -0.39 is 12.1 Å². The molecule has 35 heavy (non-hydrogen) atoms. The standard InChI is InChI=1S/C28H26N2O5/c31-26(32)13-17-9-11-19(12-10-17)30-27(33)24-14-18(24)15-29-28(34)35-16-25-22-7-3-1-5-20(22)21-6-2-4-8-23(21)25/h1-12,18,24-25H,13-16H2,(H,29,34)(H,30,33)(H,31,32). The summed E-state index contributed by atoms with van der Waals surface area (Å²) >= 11 is 0. The Bertz CT molecular complexity index is 1220. The lowest BCUT2D eigenvalue weighted by atomic mass is 9.98. The van der Waals surface area contributed by atoms with Gasteiger partial charge in [0.2, 0.25) is 5.91 Å². The van der Waals surface area contributed by atoms with Crippen molar-refractivity contribution in [3.8, 4) is 11.1 Å². The van der Waals surface area contributed by atoms with E-state index in [-0.39, 0.29) is 36.7 Å². The molecule has 3 aromatic carbocycles. The summed E-state index contributed by atoms with van der Waals surface area (Å²) in [7, 11) is 0. The lowest BCUT2D eigenvalue weighted by Gasteiger charge is -2.14. The Balaban J connectivity index is 1.08. The summed E-state index contributed by atoms with van der Waals surface area (Å²) in [5.41, 5.74) is 5.99. The molecule has 178 valence electrons. The predicted octanol–water partition coefficient (Wildman–Crippen LogP) is 4.43. The Kier molecular flexibility index (Phi) is 6.23. The normalized spacial score (nSPS) is 17.7. The van der Waals surface area contributed by atoms with Gasteiger partial charge in [0.1, 0.15) is 6.61 Å². The third-order valence-corrected chi connectivity index (χ3v) is 6.69. The number of benzene rings is 3. The molecule has 0 saturated heterocycles. The van der Waals surface area contributed by atoms with E-state index in [1.54, 1.807) is 24.3 Å². The molecule has 1 fully saturated rings. The summed E-state index contributed by atoms with van der Waals surface area (Å²) in [5, 5.41) is 14.5. The van der Waals surface area contributed by atoms with Crippen molar-refractivity contribution in [2.75, 3.05) is 18.5 Å². The van der Waals surface area contributed by atoms with Gasteiger partial charge in [-0.2, -0.15) is 0 Å². The number of anilines is 1. The van der Waals surface area contributed by atoms with Crippen LogP contribution in [-0.2, 0) is 20.7 Å². The molecule has 3 N–H and O–H groups in total. The first-order chi connectivity index (χ1) is 17.0. The van der Waals surface area contributed by atoms with E-state index in [1.165, 1.54) is 11.1 Å². The van der Waals surface area contributed by atoms with Gasteiger partial charge in [0.25, 0.3) is 0 Å². The van der Waals surface area contributed by atoms with Gasteiger partial charge in [0.15, 0.2) is 0 Å². The number of carbonyl (C=O) groups is 3. The summed E-state index contributed by atoms with van der Waals surface area (Å²) in [4.78, 5) is 35.6. The zero-order valence-electron chi connectivity index (χ0n) is 19.1. The zero-order valence-corrected chi connectivity index (χ0v) is 19.1. The summed E-state index contributed by atoms with van der Waals surface area (Å²) < 4.78 is 5.56. The number of ether oxygens (including phenoxy) is 1. The van der Waals surface area contributed by atoms with Gasteiger partial charge in [-0.1, -0.05) is 60.7 Å². The molecule has 2 aliphatic carbocycles. The first-order valence-corrected chi connectivity index (χ1v) is 11.7. The van der Waals surface area contributed by atoms with Crippen molar-refractivity contribution in [2.24, 2.45) is 11.8 Å². The molecule has 7 heteroatoms. The van der Waals surface area contributed by atoms with E-state index in [2.05, 4.69) is 34.9 Å². The maximum absolute atomic E-state index is 12.5. The number of fused-ring (bicyclic) bond motifs is 3. The second-order valence-electron chi connectivity index (χ2n) is 9.07. The van der Waals surface area contributed by atoms with Gasteiger partial charge in [-0.15, -0.1) is 0 Å². The molecular formula is C28H26N2O5. The van der Waals surface area contributed by atoms with E-state index in [0.717, 1.165) is 11.1 Å². The van der Waals surface area contributed by atoms with E-state index >= 15 is 0 Å². The number of hydrogen-bond acceptors (Lipinski definition) is 4. The van der Waals surface area contributed by atoms with Crippen LogP contribution in [0.1, 0.15) is 29.0 Å². The van der Waals surface area contributed by atoms with Crippen molar-refractivity contribution < 1.29 is 24.2 Å². The first-order valence-electron chi connectivity index (χ1n) is 11.7. The number of carbonyl (C=O) groups excluding carboxylic acids is 2. The molecule has 0 aromatic heterocycles. The van der Waals surface area contributed by atoms with E-state index in [1.807, 2.05) is 24.3 Å². The molecule has 7 nitrogen and oxygen atoms in total. The van der Waals surface area contributed by atoms with Crippen molar-refractivity contribution >= 4 is 23.7 Å². The van der Waals surface area contributed by atoms with Gasteiger partial charge < -0.3 is 20.5 Å². The van der Waals surface area contributed by atoms with Crippen LogP contribution in [-0.4, -0.2) is 36.2 Å². The second-order valence-corrected chi connectivity index (χ2v) is 9.07. The molecular weight excluding hydrogens is 444 g/mol. The van der Waals surface area contributed by atoms with Gasteiger partial charge in [-0.05, 0) is 52.3 Å². The summed E-state index contributed by atoms with van der Waals surface area (Å²) in [6, 6.07) is 23.1. The van der Waals surface area contributed by atoms with Crippen molar-refractivity contribution in [1.29, 1.82) is 0 Å². The molecule has 2 aliphatic rings. The number of rotatable bonds is 8. The molecule has 0 spiro atoms. The molecule has 0 aliphatic heterocycles. The maximum atomic E-state index is 12.5. The molecule has 0 heterocycles. The number of carboxylic acid groups (broad SMARTS) is 1. The summed E-state index contributed by atoms with van der Waals surface area (Å²) in [6.45, 7) is 0.638. The van der Waals surface area contributed by atoms with Crippen LogP contribution in [0.2, 0.25) is 0 Å². The lowest BCUT2D eigenvalue weighted by Crippen LogP contribution is -2.29. The maximum Gasteiger partial charge on any atom is 0.407 e. The van der Waals surface area contributed by atoms with Crippen LogP contribution in [0.5, 0.6) is 0 Å². The Morgan fingerprint density at radius 3 is 2.14 bits per heavy atom. The number of amides is 2. The van der Waals surface area contributed by atoms with Crippen LogP contribution in [0.3, 0.4) is 0 Å². The van der Waals surface area contributed by atoms with Crippen molar-refractivity contribution in [3.63, 3.8) is 0 Å². The Morgan fingerprint density at radius 2 is 1.51 bits per heavy atom. The molecule has 5 rings (SSSR count). The van der Waals surface area contributed by atoms with E-state index in [9.17, 15) is 14.4 Å². The Morgan fingerprint density at radius 1 is 0.886 bits per heavy atom. The topological polar surface area (TPSA) is 105 Å². The molecule has 1 saturated carbocycles. The minimum Gasteiger partial charge on any atom is -0.481 e. The molecule has 2 atom stereocenters. The van der Waals surface area contributed by atoms with E-state index in [0.29, 0.717) is 24.2 Å². The predicted molar refractivity (Wildman–Crippen MR) is 131 cm³/mol. The Labute approximate surface area is 203 Å². The highest BCUT2D eigenvalue weighted by Crippen LogP contribution is 2.44. The van der Waals surface area contributed by atoms with Crippen LogP contribution in [0.25, 0.3) is 11.1 Å². The highest BCUT2D eigenvalue weighted by atomic mass is 16.5. The van der Waals surface area contributed by atoms with Gasteiger partial charge in [-0.3, -0.25) is 9.59 Å². The van der Waals surface area contributed by atoms with Crippen LogP contribution >= 0.6 is 0 Å². The first kappa shape index (κ1) is 22.7. The van der Waals surface area contributed by atoms with Gasteiger partial charge >= 0.3 is 12.1 Å². The zero-order chi connectivity index (χ0) is 24.4. The monoisotopic (exact) mass is 470 g/mol. The third kappa shape index (κ3) is 5.04. The van der Waals surface area contributed by atoms with Crippen molar-refractivity contribution in [2.45, 2.75) is 18.8 Å². The number of alkyl carbamates (subject to hydrolysis) is 1. The summed E-state index contributed by atoms with van der Waals surface area (Å²) in [6.07, 6.45) is 0.166. The van der Waals surface area contributed by atoms with Crippen LogP contribution in [0, 0.1) is 11.8 Å². The number of hydrogen-bond donors (Lipinski definition) is 3. The number of nitrogens with one attached hydrogen (secondary N) is 2.